The van der Waals surface area contributed by atoms with Crippen LogP contribution in [0.4, 0.5) is 0 Å². The first-order valence-corrected chi connectivity index (χ1v) is 10.0. The Morgan fingerprint density at radius 1 is 1.07 bits per heavy atom. The highest BCUT2D eigenvalue weighted by atomic mass is 35.5. The molecule has 142 valence electrons. The molecule has 0 aromatic heterocycles. The second-order valence-corrected chi connectivity index (χ2v) is 7.90. The van der Waals surface area contributed by atoms with Crippen molar-refractivity contribution in [3.8, 4) is 0 Å². The summed E-state index contributed by atoms with van der Waals surface area (Å²) in [7, 11) is 0. The first-order chi connectivity index (χ1) is 13.0. The maximum atomic E-state index is 12.3. The minimum Gasteiger partial charge on any atom is -0.360 e. The van der Waals surface area contributed by atoms with Crippen molar-refractivity contribution in [2.24, 2.45) is 0 Å². The summed E-state index contributed by atoms with van der Waals surface area (Å²) in [6, 6.07) is 15.4. The quantitative estimate of drug-likeness (QED) is 0.723. The highest BCUT2D eigenvalue weighted by Crippen LogP contribution is 2.19. The van der Waals surface area contributed by atoms with Crippen LogP contribution in [-0.2, 0) is 6.54 Å². The van der Waals surface area contributed by atoms with Gasteiger partial charge in [0.2, 0.25) is 0 Å². The van der Waals surface area contributed by atoms with E-state index in [4.69, 9.17) is 35.4 Å². The number of carbonyl (C=O) groups excluding carboxylic acids is 1. The fraction of sp³-hybridized carbons (Fsp3) is 0.300. The van der Waals surface area contributed by atoms with Gasteiger partial charge in [0, 0.05) is 41.3 Å². The lowest BCUT2D eigenvalue weighted by molar-refractivity contribution is 0.0976. The molecule has 1 heterocycles. The predicted molar refractivity (Wildman–Crippen MR) is 114 cm³/mol. The molecule has 1 aliphatic heterocycles. The molecule has 1 fully saturated rings. The number of nitrogens with zero attached hydrogens (tertiary/aromatic N) is 1. The number of carbonyl (C=O) groups is 1. The minimum atomic E-state index is -0.321. The molecule has 0 radical (unpaired) electrons. The molecule has 4 nitrogen and oxygen atoms in total. The number of halogens is 2. The summed E-state index contributed by atoms with van der Waals surface area (Å²) in [6.07, 6.45) is 1.96. The number of rotatable bonds is 4. The van der Waals surface area contributed by atoms with Gasteiger partial charge in [-0.2, -0.15) is 0 Å². The molecule has 27 heavy (non-hydrogen) atoms. The minimum absolute atomic E-state index is 0.257. The predicted octanol–water partition coefficient (Wildman–Crippen LogP) is 4.26. The van der Waals surface area contributed by atoms with Gasteiger partial charge in [0.05, 0.1) is 0 Å². The third kappa shape index (κ3) is 6.18. The number of piperidine rings is 1. The summed E-state index contributed by atoms with van der Waals surface area (Å²) >= 11 is 17.2. The molecule has 1 amide bonds. The van der Waals surface area contributed by atoms with E-state index in [1.165, 1.54) is 5.56 Å². The largest absolute Gasteiger partial charge is 0.360 e. The molecule has 0 aliphatic carbocycles. The molecule has 0 bridgehead atoms. The summed E-state index contributed by atoms with van der Waals surface area (Å²) in [5.74, 6) is -0.321. The van der Waals surface area contributed by atoms with Crippen LogP contribution < -0.4 is 10.6 Å². The van der Waals surface area contributed by atoms with E-state index >= 15 is 0 Å². The van der Waals surface area contributed by atoms with E-state index in [0.717, 1.165) is 32.5 Å². The average molecular weight is 422 g/mol. The van der Waals surface area contributed by atoms with E-state index in [2.05, 4.69) is 39.8 Å². The van der Waals surface area contributed by atoms with Crippen LogP contribution >= 0.6 is 35.4 Å². The fourth-order valence-electron chi connectivity index (χ4n) is 3.16. The van der Waals surface area contributed by atoms with Gasteiger partial charge in [-0.3, -0.25) is 15.0 Å². The van der Waals surface area contributed by atoms with E-state index in [0.29, 0.717) is 20.7 Å². The van der Waals surface area contributed by atoms with Gasteiger partial charge in [0.25, 0.3) is 5.91 Å². The van der Waals surface area contributed by atoms with Gasteiger partial charge in [-0.05, 0) is 48.8 Å². The van der Waals surface area contributed by atoms with Crippen LogP contribution in [-0.4, -0.2) is 35.1 Å². The topological polar surface area (TPSA) is 44.4 Å². The number of nitrogens with one attached hydrogen (secondary N) is 2. The molecule has 2 aromatic carbocycles. The van der Waals surface area contributed by atoms with Crippen molar-refractivity contribution in [2.75, 3.05) is 13.1 Å². The lowest BCUT2D eigenvalue weighted by atomic mass is 10.0. The average Bonchev–Trinajstić information content (AvgIpc) is 2.63. The Morgan fingerprint density at radius 2 is 1.70 bits per heavy atom. The molecule has 2 N–H and O–H groups in total. The van der Waals surface area contributed by atoms with Crippen molar-refractivity contribution in [1.29, 1.82) is 0 Å². The van der Waals surface area contributed by atoms with Crippen LogP contribution in [0, 0.1) is 0 Å². The third-order valence-corrected chi connectivity index (χ3v) is 5.18. The normalized spacial score (nSPS) is 15.3. The second kappa shape index (κ2) is 9.51. The van der Waals surface area contributed by atoms with Crippen LogP contribution in [0.15, 0.2) is 48.5 Å². The van der Waals surface area contributed by atoms with Crippen molar-refractivity contribution < 1.29 is 4.79 Å². The van der Waals surface area contributed by atoms with Gasteiger partial charge >= 0.3 is 0 Å². The molecular formula is C20H21Cl2N3OS. The van der Waals surface area contributed by atoms with E-state index in [9.17, 15) is 4.79 Å². The van der Waals surface area contributed by atoms with Crippen molar-refractivity contribution in [3.63, 3.8) is 0 Å². The highest BCUT2D eigenvalue weighted by molar-refractivity contribution is 7.80. The monoisotopic (exact) mass is 421 g/mol. The second-order valence-electron chi connectivity index (χ2n) is 6.62. The molecule has 1 saturated heterocycles. The molecule has 3 rings (SSSR count). The summed E-state index contributed by atoms with van der Waals surface area (Å²) in [6.45, 7) is 2.95. The Hall–Kier alpha value is -1.66. The molecule has 0 spiro atoms. The van der Waals surface area contributed by atoms with Crippen molar-refractivity contribution in [2.45, 2.75) is 25.4 Å². The standard InChI is InChI=1S/C20H21Cl2N3OS/c21-16-10-15(11-17(22)12-16)19(26)24-20(27)23-18-6-8-25(9-7-18)13-14-4-2-1-3-5-14/h1-5,10-12,18H,6-9,13H2,(H2,23,24,26,27). The van der Waals surface area contributed by atoms with Crippen LogP contribution in [0.2, 0.25) is 10.0 Å². The van der Waals surface area contributed by atoms with E-state index in [-0.39, 0.29) is 11.9 Å². The molecule has 0 unspecified atom stereocenters. The summed E-state index contributed by atoms with van der Waals surface area (Å²) < 4.78 is 0. The van der Waals surface area contributed by atoms with E-state index in [1.807, 2.05) is 6.07 Å². The first-order valence-electron chi connectivity index (χ1n) is 8.84. The smallest absolute Gasteiger partial charge is 0.257 e. The number of hydrogen-bond donors (Lipinski definition) is 2. The van der Waals surface area contributed by atoms with Gasteiger partial charge in [-0.1, -0.05) is 53.5 Å². The molecule has 0 atom stereocenters. The zero-order valence-corrected chi connectivity index (χ0v) is 17.1. The van der Waals surface area contributed by atoms with Gasteiger partial charge < -0.3 is 5.32 Å². The zero-order chi connectivity index (χ0) is 19.2. The number of amides is 1. The Balaban J connectivity index is 1.44. The zero-order valence-electron chi connectivity index (χ0n) is 14.8. The summed E-state index contributed by atoms with van der Waals surface area (Å²) in [5.41, 5.74) is 1.71. The van der Waals surface area contributed by atoms with E-state index < -0.39 is 0 Å². The Labute approximate surface area is 174 Å². The molecule has 2 aromatic rings. The molecule has 0 saturated carbocycles. The fourth-order valence-corrected chi connectivity index (χ4v) is 3.94. The van der Waals surface area contributed by atoms with Crippen LogP contribution in [0.1, 0.15) is 28.8 Å². The number of benzene rings is 2. The Morgan fingerprint density at radius 3 is 2.33 bits per heavy atom. The molecular weight excluding hydrogens is 401 g/mol. The third-order valence-electron chi connectivity index (χ3n) is 4.52. The maximum absolute atomic E-state index is 12.3. The van der Waals surface area contributed by atoms with Crippen molar-refractivity contribution in [3.05, 3.63) is 69.7 Å². The number of likely N-dealkylation sites (tertiary alicyclic amines) is 1. The van der Waals surface area contributed by atoms with Crippen molar-refractivity contribution >= 4 is 46.4 Å². The van der Waals surface area contributed by atoms with E-state index in [1.54, 1.807) is 18.2 Å². The SMILES string of the molecule is O=C(NC(=S)NC1CCN(Cc2ccccc2)CC1)c1cc(Cl)cc(Cl)c1. The molecule has 1 aliphatic rings. The van der Waals surface area contributed by atoms with Crippen molar-refractivity contribution in [1.82, 2.24) is 15.5 Å². The lowest BCUT2D eigenvalue weighted by Gasteiger charge is -2.32. The van der Waals surface area contributed by atoms with Gasteiger partial charge in [0.15, 0.2) is 5.11 Å². The molecule has 7 heteroatoms. The Kier molecular flexibility index (Phi) is 7.07. The van der Waals surface area contributed by atoms with Gasteiger partial charge in [0.1, 0.15) is 0 Å². The van der Waals surface area contributed by atoms with Gasteiger partial charge in [-0.15, -0.1) is 0 Å². The maximum Gasteiger partial charge on any atom is 0.257 e. The number of hydrogen-bond acceptors (Lipinski definition) is 3. The summed E-state index contributed by atoms with van der Waals surface area (Å²) in [5, 5.41) is 7.10. The van der Waals surface area contributed by atoms with Gasteiger partial charge in [-0.25, -0.2) is 0 Å². The van der Waals surface area contributed by atoms with Crippen LogP contribution in [0.5, 0.6) is 0 Å². The lowest BCUT2D eigenvalue weighted by Crippen LogP contribution is -2.48. The highest BCUT2D eigenvalue weighted by Gasteiger charge is 2.20. The van der Waals surface area contributed by atoms with Crippen LogP contribution in [0.3, 0.4) is 0 Å². The Bertz CT molecular complexity index is 788. The number of thiocarbonyl (C=S) groups is 1. The summed E-state index contributed by atoms with van der Waals surface area (Å²) in [4.78, 5) is 14.7. The first kappa shape index (κ1) is 20.1. The van der Waals surface area contributed by atoms with Crippen LogP contribution in [0.25, 0.3) is 0 Å².